The first-order valence-electron chi connectivity index (χ1n) is 6.16. The first kappa shape index (κ1) is 15.3. The number of carbonyl (C=O) groups is 1. The minimum atomic E-state index is -0.827. The summed E-state index contributed by atoms with van der Waals surface area (Å²) < 4.78 is 19.5. The lowest BCUT2D eigenvalue weighted by Gasteiger charge is -2.18. The van der Waals surface area contributed by atoms with Gasteiger partial charge in [0.1, 0.15) is 6.04 Å². The molecule has 0 saturated carbocycles. The van der Waals surface area contributed by atoms with E-state index >= 15 is 0 Å². The quantitative estimate of drug-likeness (QED) is 0.868. The van der Waals surface area contributed by atoms with E-state index in [1.165, 1.54) is 19.2 Å². The fourth-order valence-electron chi connectivity index (χ4n) is 1.89. The number of carbonyl (C=O) groups excluding carboxylic acids is 1. The molecule has 1 atom stereocenters. The van der Waals surface area contributed by atoms with Crippen molar-refractivity contribution in [2.24, 2.45) is 5.73 Å². The van der Waals surface area contributed by atoms with E-state index in [0.717, 1.165) is 4.47 Å². The van der Waals surface area contributed by atoms with E-state index in [1.54, 1.807) is 18.2 Å². The molecule has 4 nitrogen and oxygen atoms in total. The predicted octanol–water partition coefficient (Wildman–Crippen LogP) is 3.24. The Morgan fingerprint density at radius 2 is 1.95 bits per heavy atom. The molecule has 2 aromatic rings. The van der Waals surface area contributed by atoms with Crippen LogP contribution in [-0.4, -0.2) is 13.0 Å². The van der Waals surface area contributed by atoms with Gasteiger partial charge in [-0.3, -0.25) is 4.79 Å². The summed E-state index contributed by atoms with van der Waals surface area (Å²) in [6, 6.07) is 10.7. The largest absolute Gasteiger partial charge is 0.494 e. The highest BCUT2D eigenvalue weighted by atomic mass is 79.9. The first-order chi connectivity index (χ1) is 10.0. The summed E-state index contributed by atoms with van der Waals surface area (Å²) in [7, 11) is 1.38. The van der Waals surface area contributed by atoms with E-state index in [2.05, 4.69) is 21.2 Å². The Labute approximate surface area is 130 Å². The lowest BCUT2D eigenvalue weighted by Crippen LogP contribution is -2.27. The number of primary amides is 1. The standard InChI is InChI=1S/C15H14BrFN2O2/c1-21-13-7-2-9(8-12(13)17)14(15(18)20)19-11-5-3-10(16)4-6-11/h2-8,14,19H,1H3,(H2,18,20). The van der Waals surface area contributed by atoms with Crippen LogP contribution in [-0.2, 0) is 4.79 Å². The zero-order valence-corrected chi connectivity index (χ0v) is 12.9. The molecule has 21 heavy (non-hydrogen) atoms. The third-order valence-corrected chi connectivity index (χ3v) is 3.48. The zero-order valence-electron chi connectivity index (χ0n) is 11.3. The molecule has 0 fully saturated rings. The SMILES string of the molecule is COc1ccc(C(Nc2ccc(Br)cc2)C(N)=O)cc1F. The number of halogens is 2. The molecule has 0 aliphatic carbocycles. The van der Waals surface area contributed by atoms with Crippen LogP contribution >= 0.6 is 15.9 Å². The van der Waals surface area contributed by atoms with Gasteiger partial charge in [-0.2, -0.15) is 0 Å². The van der Waals surface area contributed by atoms with Crippen molar-refractivity contribution < 1.29 is 13.9 Å². The third kappa shape index (κ3) is 3.72. The van der Waals surface area contributed by atoms with Gasteiger partial charge in [0.15, 0.2) is 11.6 Å². The van der Waals surface area contributed by atoms with E-state index in [4.69, 9.17) is 10.5 Å². The van der Waals surface area contributed by atoms with Crippen molar-refractivity contribution >= 4 is 27.5 Å². The van der Waals surface area contributed by atoms with Gasteiger partial charge in [0.2, 0.25) is 5.91 Å². The van der Waals surface area contributed by atoms with Crippen LogP contribution in [0.15, 0.2) is 46.9 Å². The number of nitrogens with two attached hydrogens (primary N) is 1. The number of hydrogen-bond donors (Lipinski definition) is 2. The molecule has 0 saturated heterocycles. The summed E-state index contributed by atoms with van der Waals surface area (Å²) >= 11 is 3.33. The maximum atomic E-state index is 13.8. The summed E-state index contributed by atoms with van der Waals surface area (Å²) in [6.07, 6.45) is 0. The average Bonchev–Trinajstić information content (AvgIpc) is 2.46. The third-order valence-electron chi connectivity index (χ3n) is 2.95. The van der Waals surface area contributed by atoms with Gasteiger partial charge in [0.25, 0.3) is 0 Å². The number of methoxy groups -OCH3 is 1. The van der Waals surface area contributed by atoms with Crippen molar-refractivity contribution in [2.45, 2.75) is 6.04 Å². The lowest BCUT2D eigenvalue weighted by molar-refractivity contribution is -0.118. The average molecular weight is 353 g/mol. The number of nitrogens with one attached hydrogen (secondary N) is 1. The van der Waals surface area contributed by atoms with Crippen LogP contribution in [0.3, 0.4) is 0 Å². The van der Waals surface area contributed by atoms with Crippen LogP contribution < -0.4 is 15.8 Å². The molecule has 0 aromatic heterocycles. The van der Waals surface area contributed by atoms with Crippen LogP contribution in [0.25, 0.3) is 0 Å². The summed E-state index contributed by atoms with van der Waals surface area (Å²) in [4.78, 5) is 11.6. The maximum absolute atomic E-state index is 13.8. The number of rotatable bonds is 5. The van der Waals surface area contributed by atoms with E-state index in [1.807, 2.05) is 12.1 Å². The lowest BCUT2D eigenvalue weighted by atomic mass is 10.1. The molecule has 110 valence electrons. The highest BCUT2D eigenvalue weighted by Crippen LogP contribution is 2.25. The van der Waals surface area contributed by atoms with Gasteiger partial charge in [-0.1, -0.05) is 22.0 Å². The zero-order chi connectivity index (χ0) is 15.4. The predicted molar refractivity (Wildman–Crippen MR) is 82.7 cm³/mol. The van der Waals surface area contributed by atoms with Crippen LogP contribution in [0.4, 0.5) is 10.1 Å². The van der Waals surface area contributed by atoms with Crippen LogP contribution in [0.5, 0.6) is 5.75 Å². The van der Waals surface area contributed by atoms with E-state index in [-0.39, 0.29) is 5.75 Å². The van der Waals surface area contributed by atoms with Crippen LogP contribution in [0, 0.1) is 5.82 Å². The monoisotopic (exact) mass is 352 g/mol. The smallest absolute Gasteiger partial charge is 0.244 e. The molecule has 0 radical (unpaired) electrons. The van der Waals surface area contributed by atoms with Crippen LogP contribution in [0.1, 0.15) is 11.6 Å². The van der Waals surface area contributed by atoms with Crippen molar-refractivity contribution in [1.82, 2.24) is 0 Å². The molecule has 2 aromatic carbocycles. The molecular weight excluding hydrogens is 339 g/mol. The second kappa shape index (κ2) is 6.58. The summed E-state index contributed by atoms with van der Waals surface area (Å²) in [5.74, 6) is -1.02. The Morgan fingerprint density at radius 1 is 1.29 bits per heavy atom. The van der Waals surface area contributed by atoms with Crippen LogP contribution in [0.2, 0.25) is 0 Å². The Hall–Kier alpha value is -2.08. The number of anilines is 1. The molecular formula is C15H14BrFN2O2. The number of amides is 1. The van der Waals surface area contributed by atoms with Gasteiger partial charge in [0.05, 0.1) is 7.11 Å². The molecule has 2 rings (SSSR count). The molecule has 0 aliphatic heterocycles. The Morgan fingerprint density at radius 3 is 2.48 bits per heavy atom. The number of ether oxygens (including phenoxy) is 1. The number of hydrogen-bond acceptors (Lipinski definition) is 3. The molecule has 0 spiro atoms. The molecule has 1 amide bonds. The second-order valence-electron chi connectivity index (χ2n) is 4.38. The minimum Gasteiger partial charge on any atom is -0.494 e. The van der Waals surface area contributed by atoms with Crippen molar-refractivity contribution in [3.63, 3.8) is 0 Å². The second-order valence-corrected chi connectivity index (χ2v) is 5.30. The van der Waals surface area contributed by atoms with E-state index in [0.29, 0.717) is 11.3 Å². The van der Waals surface area contributed by atoms with Gasteiger partial charge in [0, 0.05) is 10.2 Å². The van der Waals surface area contributed by atoms with Gasteiger partial charge in [-0.05, 0) is 42.0 Å². The topological polar surface area (TPSA) is 64.3 Å². The summed E-state index contributed by atoms with van der Waals surface area (Å²) in [6.45, 7) is 0. The van der Waals surface area contributed by atoms with E-state index < -0.39 is 17.8 Å². The van der Waals surface area contributed by atoms with Gasteiger partial charge < -0.3 is 15.8 Å². The van der Waals surface area contributed by atoms with E-state index in [9.17, 15) is 9.18 Å². The Kier molecular flexibility index (Phi) is 4.80. The molecule has 0 aliphatic rings. The molecule has 0 bridgehead atoms. The van der Waals surface area contributed by atoms with Crippen molar-refractivity contribution in [1.29, 1.82) is 0 Å². The van der Waals surface area contributed by atoms with Crippen molar-refractivity contribution in [3.8, 4) is 5.75 Å². The first-order valence-corrected chi connectivity index (χ1v) is 6.95. The molecule has 3 N–H and O–H groups in total. The molecule has 6 heteroatoms. The van der Waals surface area contributed by atoms with Crippen molar-refractivity contribution in [2.75, 3.05) is 12.4 Å². The highest BCUT2D eigenvalue weighted by Gasteiger charge is 2.19. The fraction of sp³-hybridized carbons (Fsp3) is 0.133. The van der Waals surface area contributed by atoms with Gasteiger partial charge >= 0.3 is 0 Å². The summed E-state index contributed by atoms with van der Waals surface area (Å²) in [5.41, 5.74) is 6.54. The van der Waals surface area contributed by atoms with Gasteiger partial charge in [-0.15, -0.1) is 0 Å². The minimum absolute atomic E-state index is 0.116. The van der Waals surface area contributed by atoms with Gasteiger partial charge in [-0.25, -0.2) is 4.39 Å². The molecule has 0 heterocycles. The number of benzene rings is 2. The summed E-state index contributed by atoms with van der Waals surface area (Å²) in [5, 5.41) is 2.98. The normalized spacial score (nSPS) is 11.8. The maximum Gasteiger partial charge on any atom is 0.244 e. The molecule has 1 unspecified atom stereocenters. The Balaban J connectivity index is 2.28. The Bertz CT molecular complexity index is 647. The highest BCUT2D eigenvalue weighted by molar-refractivity contribution is 9.10. The fourth-order valence-corrected chi connectivity index (χ4v) is 2.16. The van der Waals surface area contributed by atoms with Crippen molar-refractivity contribution in [3.05, 3.63) is 58.3 Å².